The van der Waals surface area contributed by atoms with E-state index in [2.05, 4.69) is 5.92 Å². The number of carboxylic acid groups (broad SMARTS) is 1. The van der Waals surface area contributed by atoms with Crippen molar-refractivity contribution in [2.45, 2.75) is 6.92 Å². The second-order valence-corrected chi connectivity index (χ2v) is 2.51. The number of hydrogen-bond donors (Lipinski definition) is 1. The first kappa shape index (κ1) is 11.9. The number of aliphatic carboxylic acids is 1. The molecule has 0 rings (SSSR count). The lowest BCUT2D eigenvalue weighted by molar-refractivity contribution is -0.138. The minimum atomic E-state index is -0.869. The van der Waals surface area contributed by atoms with Crippen molar-refractivity contribution in [3.63, 3.8) is 0 Å². The summed E-state index contributed by atoms with van der Waals surface area (Å²) < 4.78 is 5.09. The van der Waals surface area contributed by atoms with Crippen molar-refractivity contribution in [2.75, 3.05) is 32.8 Å². The normalized spacial score (nSPS) is 9.92. The molecule has 0 bridgehead atoms. The highest BCUT2D eigenvalue weighted by Gasteiger charge is 2.07. The average molecular weight is 185 g/mol. The van der Waals surface area contributed by atoms with Crippen LogP contribution in [0.4, 0.5) is 0 Å². The van der Waals surface area contributed by atoms with Crippen LogP contribution in [0.3, 0.4) is 0 Å². The number of carbonyl (C=O) groups is 1. The van der Waals surface area contributed by atoms with Crippen LogP contribution in [0.1, 0.15) is 6.92 Å². The van der Waals surface area contributed by atoms with Gasteiger partial charge in [0.15, 0.2) is 0 Å². The maximum atomic E-state index is 10.4. The topological polar surface area (TPSA) is 49.8 Å². The predicted octanol–water partition coefficient (Wildman–Crippen LogP) is 0.0427. The Balaban J connectivity index is 3.68. The summed E-state index contributed by atoms with van der Waals surface area (Å²) in [4.78, 5) is 12.0. The molecule has 0 radical (unpaired) electrons. The van der Waals surface area contributed by atoms with Crippen LogP contribution in [-0.4, -0.2) is 48.8 Å². The fourth-order valence-electron chi connectivity index (χ4n) is 0.872. The van der Waals surface area contributed by atoms with Crippen LogP contribution in [0, 0.1) is 12.3 Å². The van der Waals surface area contributed by atoms with Crippen LogP contribution < -0.4 is 0 Å². The van der Waals surface area contributed by atoms with Crippen LogP contribution in [0.25, 0.3) is 0 Å². The highest BCUT2D eigenvalue weighted by atomic mass is 16.5. The molecule has 74 valence electrons. The third-order valence-electron chi connectivity index (χ3n) is 1.43. The summed E-state index contributed by atoms with van der Waals surface area (Å²) in [7, 11) is 0. The molecule has 4 nitrogen and oxygen atoms in total. The largest absolute Gasteiger partial charge is 0.480 e. The van der Waals surface area contributed by atoms with Crippen molar-refractivity contribution in [1.29, 1.82) is 0 Å². The van der Waals surface area contributed by atoms with Crippen molar-refractivity contribution in [1.82, 2.24) is 4.90 Å². The molecule has 0 aromatic heterocycles. The van der Waals surface area contributed by atoms with Crippen LogP contribution in [0.15, 0.2) is 0 Å². The molecule has 0 saturated heterocycles. The maximum Gasteiger partial charge on any atom is 0.317 e. The molecule has 0 spiro atoms. The maximum absolute atomic E-state index is 10.4. The van der Waals surface area contributed by atoms with Crippen molar-refractivity contribution < 1.29 is 14.6 Å². The van der Waals surface area contributed by atoms with Crippen molar-refractivity contribution in [3.05, 3.63) is 0 Å². The van der Waals surface area contributed by atoms with E-state index >= 15 is 0 Å². The summed E-state index contributed by atoms with van der Waals surface area (Å²) >= 11 is 0. The fourth-order valence-corrected chi connectivity index (χ4v) is 0.872. The van der Waals surface area contributed by atoms with Gasteiger partial charge in [-0.15, -0.1) is 6.42 Å². The Morgan fingerprint density at radius 3 is 2.85 bits per heavy atom. The molecule has 0 amide bonds. The summed E-state index contributed by atoms with van der Waals surface area (Å²) in [6, 6.07) is 0. The van der Waals surface area contributed by atoms with Gasteiger partial charge < -0.3 is 9.84 Å². The summed E-state index contributed by atoms with van der Waals surface area (Å²) in [5.41, 5.74) is 0. The molecule has 4 heteroatoms. The van der Waals surface area contributed by atoms with Crippen LogP contribution >= 0.6 is 0 Å². The van der Waals surface area contributed by atoms with Gasteiger partial charge in [0.25, 0.3) is 0 Å². The molecule has 0 fully saturated rings. The Kier molecular flexibility index (Phi) is 6.98. The Morgan fingerprint density at radius 1 is 1.69 bits per heavy atom. The zero-order valence-corrected chi connectivity index (χ0v) is 7.82. The van der Waals surface area contributed by atoms with Crippen LogP contribution in [0.5, 0.6) is 0 Å². The molecule has 0 aliphatic heterocycles. The standard InChI is InChI=1S/C9H15NO3/c1-3-5-10(8-9(11)12)6-7-13-4-2/h1H,4-8H2,2H3,(H,11,12). The number of rotatable bonds is 7. The third-order valence-corrected chi connectivity index (χ3v) is 1.43. The van der Waals surface area contributed by atoms with Gasteiger partial charge >= 0.3 is 5.97 Å². The van der Waals surface area contributed by atoms with Crippen molar-refractivity contribution >= 4 is 5.97 Å². The molecule has 0 aromatic carbocycles. The molecule has 0 aliphatic rings. The second kappa shape index (κ2) is 7.59. The number of nitrogens with zero attached hydrogens (tertiary/aromatic N) is 1. The third kappa shape index (κ3) is 7.32. The summed E-state index contributed by atoms with van der Waals surface area (Å²) in [6.45, 7) is 3.92. The van der Waals surface area contributed by atoms with Gasteiger partial charge in [0.2, 0.25) is 0 Å². The van der Waals surface area contributed by atoms with E-state index in [9.17, 15) is 4.79 Å². The van der Waals surface area contributed by atoms with Crippen LogP contribution in [0.2, 0.25) is 0 Å². The van der Waals surface area contributed by atoms with E-state index in [0.29, 0.717) is 26.3 Å². The molecule has 0 saturated carbocycles. The molecule has 13 heavy (non-hydrogen) atoms. The van der Waals surface area contributed by atoms with E-state index in [1.165, 1.54) is 0 Å². The molecule has 0 unspecified atom stereocenters. The molecule has 0 heterocycles. The quantitative estimate of drug-likeness (QED) is 0.449. The minimum Gasteiger partial charge on any atom is -0.480 e. The smallest absolute Gasteiger partial charge is 0.317 e. The van der Waals surface area contributed by atoms with Gasteiger partial charge in [0, 0.05) is 13.2 Å². The van der Waals surface area contributed by atoms with Gasteiger partial charge in [0.05, 0.1) is 19.7 Å². The van der Waals surface area contributed by atoms with Crippen LogP contribution in [-0.2, 0) is 9.53 Å². The van der Waals surface area contributed by atoms with E-state index in [1.54, 1.807) is 4.90 Å². The van der Waals surface area contributed by atoms with Gasteiger partial charge in [0.1, 0.15) is 0 Å². The predicted molar refractivity (Wildman–Crippen MR) is 49.4 cm³/mol. The number of carboxylic acids is 1. The summed E-state index contributed by atoms with van der Waals surface area (Å²) in [6.07, 6.45) is 5.08. The zero-order chi connectivity index (χ0) is 10.1. The molecule has 1 N–H and O–H groups in total. The lowest BCUT2D eigenvalue weighted by atomic mass is 10.4. The highest BCUT2D eigenvalue weighted by Crippen LogP contribution is 1.87. The number of ether oxygens (including phenoxy) is 1. The Bertz CT molecular complexity index is 186. The molecule has 0 aliphatic carbocycles. The van der Waals surface area contributed by atoms with E-state index in [4.69, 9.17) is 16.3 Å². The Labute approximate surface area is 78.5 Å². The van der Waals surface area contributed by atoms with Gasteiger partial charge in [-0.1, -0.05) is 5.92 Å². The summed E-state index contributed by atoms with van der Waals surface area (Å²) in [5.74, 6) is 1.54. The summed E-state index contributed by atoms with van der Waals surface area (Å²) in [5, 5.41) is 8.52. The first-order valence-electron chi connectivity index (χ1n) is 4.16. The number of terminal acetylenes is 1. The number of hydrogen-bond acceptors (Lipinski definition) is 3. The first-order valence-corrected chi connectivity index (χ1v) is 4.16. The van der Waals surface area contributed by atoms with E-state index in [1.807, 2.05) is 6.92 Å². The van der Waals surface area contributed by atoms with E-state index in [0.717, 1.165) is 0 Å². The SMILES string of the molecule is C#CCN(CCOCC)CC(=O)O. The first-order chi connectivity index (χ1) is 6.20. The van der Waals surface area contributed by atoms with Gasteiger partial charge in [-0.3, -0.25) is 9.69 Å². The Hall–Kier alpha value is -1.05. The highest BCUT2D eigenvalue weighted by molar-refractivity contribution is 5.69. The van der Waals surface area contributed by atoms with Crippen molar-refractivity contribution in [2.24, 2.45) is 0 Å². The molecular weight excluding hydrogens is 170 g/mol. The zero-order valence-electron chi connectivity index (χ0n) is 7.82. The van der Waals surface area contributed by atoms with Gasteiger partial charge in [-0.25, -0.2) is 0 Å². The molecule has 0 atom stereocenters. The molecule has 0 aromatic rings. The van der Waals surface area contributed by atoms with E-state index < -0.39 is 5.97 Å². The monoisotopic (exact) mass is 185 g/mol. The lowest BCUT2D eigenvalue weighted by Crippen LogP contribution is -2.33. The minimum absolute atomic E-state index is 0.0305. The Morgan fingerprint density at radius 2 is 2.38 bits per heavy atom. The lowest BCUT2D eigenvalue weighted by Gasteiger charge is -2.16. The van der Waals surface area contributed by atoms with E-state index in [-0.39, 0.29) is 6.54 Å². The van der Waals surface area contributed by atoms with Crippen molar-refractivity contribution in [3.8, 4) is 12.3 Å². The second-order valence-electron chi connectivity index (χ2n) is 2.51. The average Bonchev–Trinajstić information content (AvgIpc) is 2.04. The van der Waals surface area contributed by atoms with Gasteiger partial charge in [-0.2, -0.15) is 0 Å². The van der Waals surface area contributed by atoms with Gasteiger partial charge in [-0.05, 0) is 6.92 Å². The fraction of sp³-hybridized carbons (Fsp3) is 0.667. The molecular formula is C9H15NO3.